The van der Waals surface area contributed by atoms with Crippen molar-refractivity contribution in [3.05, 3.63) is 51.7 Å². The number of aryl methyl sites for hydroxylation is 2. The summed E-state index contributed by atoms with van der Waals surface area (Å²) in [6.07, 6.45) is 2.50. The van der Waals surface area contributed by atoms with E-state index in [2.05, 4.69) is 37.1 Å². The highest BCUT2D eigenvalue weighted by Gasteiger charge is 2.19. The first kappa shape index (κ1) is 20.3. The van der Waals surface area contributed by atoms with Crippen molar-refractivity contribution in [2.75, 3.05) is 18.4 Å². The molecule has 0 amide bonds. The van der Waals surface area contributed by atoms with Gasteiger partial charge in [-0.05, 0) is 62.4 Å². The minimum absolute atomic E-state index is 0.0479. The zero-order chi connectivity index (χ0) is 20.4. The van der Waals surface area contributed by atoms with E-state index in [0.717, 1.165) is 58.5 Å². The molecular weight excluding hydrogens is 380 g/mol. The number of aliphatic hydroxyl groups is 1. The molecule has 0 saturated carbocycles. The molecule has 1 aliphatic rings. The second-order valence-electron chi connectivity index (χ2n) is 8.19. The fourth-order valence-corrected chi connectivity index (χ4v) is 5.02. The summed E-state index contributed by atoms with van der Waals surface area (Å²) >= 11 is 1.75. The number of likely N-dealkylation sites (tertiary alicyclic amines) is 1. The summed E-state index contributed by atoms with van der Waals surface area (Å²) in [6, 6.07) is 7.99. The number of aromatic nitrogens is 2. The van der Waals surface area contributed by atoms with Gasteiger partial charge in [-0.25, -0.2) is 9.97 Å². The smallest absolute Gasteiger partial charge is 0.146 e. The van der Waals surface area contributed by atoms with Crippen LogP contribution in [0.25, 0.3) is 10.2 Å². The number of hydrogen-bond acceptors (Lipinski definition) is 6. The van der Waals surface area contributed by atoms with Crippen LogP contribution >= 0.6 is 11.3 Å². The van der Waals surface area contributed by atoms with Gasteiger partial charge in [-0.1, -0.05) is 31.2 Å². The molecule has 1 aliphatic heterocycles. The molecule has 1 saturated heterocycles. The van der Waals surface area contributed by atoms with Gasteiger partial charge in [-0.3, -0.25) is 4.90 Å². The molecule has 29 heavy (non-hydrogen) atoms. The summed E-state index contributed by atoms with van der Waals surface area (Å²) < 4.78 is 0. The van der Waals surface area contributed by atoms with E-state index in [9.17, 15) is 5.11 Å². The third kappa shape index (κ3) is 4.44. The van der Waals surface area contributed by atoms with Gasteiger partial charge in [0, 0.05) is 11.4 Å². The van der Waals surface area contributed by atoms with Gasteiger partial charge in [-0.2, -0.15) is 0 Å². The van der Waals surface area contributed by atoms with E-state index in [1.807, 2.05) is 18.2 Å². The number of fused-ring (bicyclic) bond motifs is 1. The molecule has 0 aliphatic carbocycles. The fourth-order valence-electron chi connectivity index (χ4n) is 3.98. The Balaban J connectivity index is 1.62. The van der Waals surface area contributed by atoms with Gasteiger partial charge in [0.2, 0.25) is 0 Å². The maximum atomic E-state index is 9.62. The molecular formula is C23H30N4OS. The molecule has 1 aromatic carbocycles. The fraction of sp³-hybridized carbons (Fsp3) is 0.478. The second kappa shape index (κ2) is 8.78. The number of hydrogen-bond donors (Lipinski definition) is 2. The molecule has 4 rings (SSSR count). The zero-order valence-corrected chi connectivity index (χ0v) is 18.4. The molecule has 1 fully saturated rings. The normalized spacial score (nSPS) is 15.9. The molecule has 0 radical (unpaired) electrons. The number of rotatable bonds is 6. The number of anilines is 1. The maximum absolute atomic E-state index is 9.62. The minimum atomic E-state index is 0.0479. The lowest BCUT2D eigenvalue weighted by molar-refractivity contribution is 0.181. The van der Waals surface area contributed by atoms with E-state index in [-0.39, 0.29) is 6.61 Å². The first-order chi connectivity index (χ1) is 14.0. The van der Waals surface area contributed by atoms with Crippen LogP contribution in [0.1, 0.15) is 47.2 Å². The first-order valence-electron chi connectivity index (χ1n) is 10.5. The van der Waals surface area contributed by atoms with Crippen LogP contribution in [0.2, 0.25) is 0 Å². The molecule has 2 aromatic heterocycles. The average molecular weight is 411 g/mol. The molecule has 0 unspecified atom stereocenters. The Bertz CT molecular complexity index is 992. The van der Waals surface area contributed by atoms with Gasteiger partial charge in [0.05, 0.1) is 18.5 Å². The highest BCUT2D eigenvalue weighted by atomic mass is 32.1. The third-order valence-electron chi connectivity index (χ3n) is 6.05. The lowest BCUT2D eigenvalue weighted by atomic mass is 9.99. The second-order valence-corrected chi connectivity index (χ2v) is 9.39. The molecule has 0 atom stereocenters. The molecule has 5 nitrogen and oxygen atoms in total. The largest absolute Gasteiger partial charge is 0.392 e. The Hall–Kier alpha value is -2.02. The first-order valence-corrected chi connectivity index (χ1v) is 11.3. The van der Waals surface area contributed by atoms with Gasteiger partial charge in [-0.15, -0.1) is 11.3 Å². The topological polar surface area (TPSA) is 61.3 Å². The van der Waals surface area contributed by atoms with Gasteiger partial charge in [0.1, 0.15) is 16.5 Å². The van der Waals surface area contributed by atoms with E-state index in [0.29, 0.717) is 6.54 Å². The Morgan fingerprint density at radius 3 is 2.59 bits per heavy atom. The van der Waals surface area contributed by atoms with Gasteiger partial charge in [0.15, 0.2) is 0 Å². The van der Waals surface area contributed by atoms with Crippen LogP contribution in [0, 0.1) is 19.8 Å². The van der Waals surface area contributed by atoms with Gasteiger partial charge in [0.25, 0.3) is 0 Å². The van der Waals surface area contributed by atoms with Crippen LogP contribution in [0.3, 0.4) is 0 Å². The molecule has 3 heterocycles. The van der Waals surface area contributed by atoms with Crippen LogP contribution in [0.15, 0.2) is 24.3 Å². The van der Waals surface area contributed by atoms with Crippen LogP contribution in [0.5, 0.6) is 0 Å². The Labute approximate surface area is 176 Å². The lowest BCUT2D eigenvalue weighted by Crippen LogP contribution is -2.33. The summed E-state index contributed by atoms with van der Waals surface area (Å²) in [6.45, 7) is 10.4. The molecule has 2 N–H and O–H groups in total. The number of benzene rings is 1. The monoisotopic (exact) mass is 410 g/mol. The number of thiophene rings is 1. The average Bonchev–Trinajstić information content (AvgIpc) is 3.02. The predicted molar refractivity (Wildman–Crippen MR) is 120 cm³/mol. The SMILES string of the molecule is Cc1sc2nc(CN3CCC(C)CC3)nc(NCc3ccccc3CO)c2c1C. The van der Waals surface area contributed by atoms with Gasteiger partial charge < -0.3 is 10.4 Å². The quantitative estimate of drug-likeness (QED) is 0.620. The van der Waals surface area contributed by atoms with Crippen molar-refractivity contribution in [2.24, 2.45) is 5.92 Å². The van der Waals surface area contributed by atoms with Crippen molar-refractivity contribution in [1.82, 2.24) is 14.9 Å². The van der Waals surface area contributed by atoms with E-state index in [1.54, 1.807) is 11.3 Å². The van der Waals surface area contributed by atoms with E-state index >= 15 is 0 Å². The number of piperidine rings is 1. The number of nitrogens with zero attached hydrogens (tertiary/aromatic N) is 3. The van der Waals surface area contributed by atoms with Crippen LogP contribution in [-0.4, -0.2) is 33.1 Å². The predicted octanol–water partition coefficient (Wildman–Crippen LogP) is 4.64. The van der Waals surface area contributed by atoms with Crippen LogP contribution < -0.4 is 5.32 Å². The lowest BCUT2D eigenvalue weighted by Gasteiger charge is -2.29. The van der Waals surface area contributed by atoms with Crippen molar-refractivity contribution in [3.63, 3.8) is 0 Å². The molecule has 3 aromatic rings. The van der Waals surface area contributed by atoms with Crippen molar-refractivity contribution in [2.45, 2.75) is 53.3 Å². The van der Waals surface area contributed by atoms with E-state index in [1.165, 1.54) is 23.3 Å². The van der Waals surface area contributed by atoms with Crippen molar-refractivity contribution in [3.8, 4) is 0 Å². The summed E-state index contributed by atoms with van der Waals surface area (Å²) in [7, 11) is 0. The number of nitrogens with one attached hydrogen (secondary N) is 1. The summed E-state index contributed by atoms with van der Waals surface area (Å²) in [5.74, 6) is 2.62. The Kier molecular flexibility index (Phi) is 6.13. The molecule has 154 valence electrons. The highest BCUT2D eigenvalue weighted by molar-refractivity contribution is 7.18. The van der Waals surface area contributed by atoms with E-state index < -0.39 is 0 Å². The van der Waals surface area contributed by atoms with Gasteiger partial charge >= 0.3 is 0 Å². The highest BCUT2D eigenvalue weighted by Crippen LogP contribution is 2.34. The maximum Gasteiger partial charge on any atom is 0.146 e. The van der Waals surface area contributed by atoms with Crippen LogP contribution in [-0.2, 0) is 19.7 Å². The number of aliphatic hydroxyl groups excluding tert-OH is 1. The molecule has 0 spiro atoms. The zero-order valence-electron chi connectivity index (χ0n) is 17.5. The summed E-state index contributed by atoms with van der Waals surface area (Å²) in [5, 5.41) is 14.3. The minimum Gasteiger partial charge on any atom is -0.392 e. The van der Waals surface area contributed by atoms with Crippen molar-refractivity contribution in [1.29, 1.82) is 0 Å². The van der Waals surface area contributed by atoms with E-state index in [4.69, 9.17) is 9.97 Å². The van der Waals surface area contributed by atoms with Crippen molar-refractivity contribution < 1.29 is 5.11 Å². The Morgan fingerprint density at radius 2 is 1.86 bits per heavy atom. The Morgan fingerprint density at radius 1 is 1.14 bits per heavy atom. The van der Waals surface area contributed by atoms with Crippen LogP contribution in [0.4, 0.5) is 5.82 Å². The standard InChI is InChI=1S/C23H30N4OS/c1-15-8-10-27(11-9-15)13-20-25-22(21-16(2)17(3)29-23(21)26-20)24-12-18-6-4-5-7-19(18)14-28/h4-7,15,28H,8-14H2,1-3H3,(H,24,25,26). The molecule has 6 heteroatoms. The third-order valence-corrected chi connectivity index (χ3v) is 7.15. The van der Waals surface area contributed by atoms with Crippen molar-refractivity contribution >= 4 is 27.4 Å². The molecule has 0 bridgehead atoms. The summed E-state index contributed by atoms with van der Waals surface area (Å²) in [4.78, 5) is 14.7. The summed E-state index contributed by atoms with van der Waals surface area (Å²) in [5.41, 5.74) is 3.30.